The Labute approximate surface area is 156 Å². The van der Waals surface area contributed by atoms with E-state index in [9.17, 15) is 4.79 Å². The topological polar surface area (TPSA) is 71.6 Å². The van der Waals surface area contributed by atoms with Crippen molar-refractivity contribution in [3.05, 3.63) is 66.2 Å². The Morgan fingerprint density at radius 3 is 2.78 bits per heavy atom. The van der Waals surface area contributed by atoms with E-state index < -0.39 is 0 Å². The van der Waals surface area contributed by atoms with E-state index in [1.807, 2.05) is 18.2 Å². The molecule has 2 unspecified atom stereocenters. The normalized spacial score (nSPS) is 20.7. The number of hydrogen-bond donors (Lipinski definition) is 3. The molecule has 0 radical (unpaired) electrons. The number of fused-ring (bicyclic) bond motifs is 2. The molecule has 2 heterocycles. The maximum Gasteiger partial charge on any atom is 0.242 e. The van der Waals surface area contributed by atoms with Gasteiger partial charge in [0.2, 0.25) is 12.7 Å². The van der Waals surface area contributed by atoms with E-state index in [1.165, 1.54) is 16.3 Å². The molecule has 6 heteroatoms. The van der Waals surface area contributed by atoms with Crippen LogP contribution in [0.2, 0.25) is 0 Å². The summed E-state index contributed by atoms with van der Waals surface area (Å²) in [4.78, 5) is 12.7. The van der Waals surface area contributed by atoms with Crippen molar-refractivity contribution in [3.63, 3.8) is 0 Å². The fourth-order valence-corrected chi connectivity index (χ4v) is 3.69. The minimum absolute atomic E-state index is 0.0728. The van der Waals surface area contributed by atoms with E-state index >= 15 is 0 Å². The van der Waals surface area contributed by atoms with Crippen LogP contribution in [-0.2, 0) is 4.79 Å². The van der Waals surface area contributed by atoms with Crippen molar-refractivity contribution in [1.82, 2.24) is 10.9 Å². The van der Waals surface area contributed by atoms with E-state index in [0.29, 0.717) is 23.6 Å². The number of rotatable bonds is 3. The van der Waals surface area contributed by atoms with Crippen molar-refractivity contribution in [1.29, 1.82) is 0 Å². The molecule has 1 saturated heterocycles. The molecular formula is C21H19N3O3. The molecule has 0 aliphatic carbocycles. The molecule has 3 aromatic carbocycles. The smallest absolute Gasteiger partial charge is 0.242 e. The van der Waals surface area contributed by atoms with Gasteiger partial charge >= 0.3 is 0 Å². The quantitative estimate of drug-likeness (QED) is 0.669. The first-order chi connectivity index (χ1) is 13.3. The van der Waals surface area contributed by atoms with Crippen molar-refractivity contribution < 1.29 is 14.3 Å². The molecule has 136 valence electrons. The minimum atomic E-state index is -0.320. The average molecular weight is 361 g/mol. The summed E-state index contributed by atoms with van der Waals surface area (Å²) in [5.74, 6) is 1.27. The summed E-state index contributed by atoms with van der Waals surface area (Å²) in [6.07, 6.45) is 0.671. The molecule has 2 aliphatic heterocycles. The lowest BCUT2D eigenvalue weighted by molar-refractivity contribution is -0.117. The minimum Gasteiger partial charge on any atom is -0.454 e. The summed E-state index contributed by atoms with van der Waals surface area (Å²) < 4.78 is 10.7. The molecule has 1 fully saturated rings. The molecule has 0 aromatic heterocycles. The van der Waals surface area contributed by atoms with Gasteiger partial charge < -0.3 is 14.8 Å². The molecule has 2 atom stereocenters. The van der Waals surface area contributed by atoms with Gasteiger partial charge in [0.15, 0.2) is 11.5 Å². The number of hydrazine groups is 1. The van der Waals surface area contributed by atoms with Crippen molar-refractivity contribution >= 4 is 22.4 Å². The Balaban J connectivity index is 1.31. The van der Waals surface area contributed by atoms with Gasteiger partial charge in [-0.1, -0.05) is 42.5 Å². The molecule has 0 bridgehead atoms. The number of nitrogens with one attached hydrogen (secondary N) is 3. The second-order valence-electron chi connectivity index (χ2n) is 6.76. The second-order valence-corrected chi connectivity index (χ2v) is 6.76. The molecule has 5 rings (SSSR count). The van der Waals surface area contributed by atoms with Crippen LogP contribution in [0.25, 0.3) is 10.8 Å². The van der Waals surface area contributed by atoms with Gasteiger partial charge in [-0.25, -0.2) is 10.9 Å². The lowest BCUT2D eigenvalue weighted by Gasteiger charge is -2.13. The fraction of sp³-hybridized carbons (Fsp3) is 0.190. The number of hydrogen-bond acceptors (Lipinski definition) is 5. The monoisotopic (exact) mass is 361 g/mol. The summed E-state index contributed by atoms with van der Waals surface area (Å²) in [6, 6.07) is 19.7. The van der Waals surface area contributed by atoms with Crippen molar-refractivity contribution in [2.24, 2.45) is 0 Å². The standard InChI is InChI=1S/C21H19N3O3/c25-21(22-14-8-9-19-20(10-14)27-12-26-19)18-11-17(23-24-18)16-7-3-5-13-4-1-2-6-15(13)16/h1-10,17-18,23-24H,11-12H2,(H,22,25). The maximum atomic E-state index is 12.7. The van der Waals surface area contributed by atoms with Crippen LogP contribution in [-0.4, -0.2) is 18.7 Å². The highest BCUT2D eigenvalue weighted by Gasteiger charge is 2.31. The molecule has 3 aromatic rings. The Morgan fingerprint density at radius 1 is 0.963 bits per heavy atom. The van der Waals surface area contributed by atoms with Crippen LogP contribution in [0.15, 0.2) is 60.7 Å². The summed E-state index contributed by atoms with van der Waals surface area (Å²) in [5.41, 5.74) is 8.28. The van der Waals surface area contributed by atoms with Crippen LogP contribution in [0.5, 0.6) is 11.5 Å². The number of ether oxygens (including phenoxy) is 2. The largest absolute Gasteiger partial charge is 0.454 e. The lowest BCUT2D eigenvalue weighted by atomic mass is 9.96. The molecule has 0 saturated carbocycles. The highest BCUT2D eigenvalue weighted by Crippen LogP contribution is 2.34. The van der Waals surface area contributed by atoms with Gasteiger partial charge in [0.1, 0.15) is 6.04 Å². The van der Waals surface area contributed by atoms with Gasteiger partial charge in [-0.05, 0) is 34.9 Å². The van der Waals surface area contributed by atoms with E-state index in [0.717, 1.165) is 0 Å². The Morgan fingerprint density at radius 2 is 1.81 bits per heavy atom. The van der Waals surface area contributed by atoms with Crippen LogP contribution in [0, 0.1) is 0 Å². The molecule has 3 N–H and O–H groups in total. The molecular weight excluding hydrogens is 342 g/mol. The van der Waals surface area contributed by atoms with Gasteiger partial charge in [0.05, 0.1) is 0 Å². The Kier molecular flexibility index (Phi) is 3.92. The number of anilines is 1. The van der Waals surface area contributed by atoms with Crippen LogP contribution in [0.1, 0.15) is 18.0 Å². The number of benzene rings is 3. The van der Waals surface area contributed by atoms with E-state index in [2.05, 4.69) is 46.5 Å². The van der Waals surface area contributed by atoms with E-state index in [-0.39, 0.29) is 24.8 Å². The molecule has 2 aliphatic rings. The van der Waals surface area contributed by atoms with Crippen LogP contribution in [0.3, 0.4) is 0 Å². The van der Waals surface area contributed by atoms with Gasteiger partial charge in [0, 0.05) is 17.8 Å². The molecule has 27 heavy (non-hydrogen) atoms. The maximum absolute atomic E-state index is 12.7. The van der Waals surface area contributed by atoms with E-state index in [1.54, 1.807) is 12.1 Å². The van der Waals surface area contributed by atoms with Crippen LogP contribution < -0.4 is 25.6 Å². The predicted molar refractivity (Wildman–Crippen MR) is 103 cm³/mol. The van der Waals surface area contributed by atoms with Crippen LogP contribution >= 0.6 is 0 Å². The number of carbonyl (C=O) groups is 1. The highest BCUT2D eigenvalue weighted by atomic mass is 16.7. The van der Waals surface area contributed by atoms with Gasteiger partial charge in [-0.15, -0.1) is 0 Å². The zero-order valence-electron chi connectivity index (χ0n) is 14.6. The fourth-order valence-electron chi connectivity index (χ4n) is 3.69. The van der Waals surface area contributed by atoms with Gasteiger partial charge in [0.25, 0.3) is 0 Å². The third-order valence-corrected chi connectivity index (χ3v) is 5.06. The van der Waals surface area contributed by atoms with E-state index in [4.69, 9.17) is 9.47 Å². The Bertz CT molecular complexity index is 1020. The molecule has 6 nitrogen and oxygen atoms in total. The third-order valence-electron chi connectivity index (χ3n) is 5.06. The lowest BCUT2D eigenvalue weighted by Crippen LogP contribution is -2.39. The Hall–Kier alpha value is -3.09. The summed E-state index contributed by atoms with van der Waals surface area (Å²) in [7, 11) is 0. The molecule has 1 amide bonds. The van der Waals surface area contributed by atoms with Crippen molar-refractivity contribution in [2.75, 3.05) is 12.1 Å². The average Bonchev–Trinajstić information content (AvgIpc) is 3.37. The predicted octanol–water partition coefficient (Wildman–Crippen LogP) is 3.11. The zero-order chi connectivity index (χ0) is 18.2. The van der Waals surface area contributed by atoms with Crippen LogP contribution in [0.4, 0.5) is 5.69 Å². The molecule has 0 spiro atoms. The van der Waals surface area contributed by atoms with Crippen molar-refractivity contribution in [3.8, 4) is 11.5 Å². The summed E-state index contributed by atoms with van der Waals surface area (Å²) in [5, 5.41) is 5.35. The first-order valence-electron chi connectivity index (χ1n) is 8.97. The second kappa shape index (κ2) is 6.57. The number of carbonyl (C=O) groups excluding carboxylic acids is 1. The summed E-state index contributed by atoms with van der Waals surface area (Å²) in [6.45, 7) is 0.216. The summed E-state index contributed by atoms with van der Waals surface area (Å²) >= 11 is 0. The SMILES string of the molecule is O=C(Nc1ccc2c(c1)OCO2)C1CC(c2cccc3ccccc23)NN1. The number of amides is 1. The first-order valence-corrected chi connectivity index (χ1v) is 8.97. The van der Waals surface area contributed by atoms with Gasteiger partial charge in [-0.2, -0.15) is 0 Å². The highest BCUT2D eigenvalue weighted by molar-refractivity contribution is 5.95. The zero-order valence-corrected chi connectivity index (χ0v) is 14.6. The first kappa shape index (κ1) is 16.1. The third kappa shape index (κ3) is 2.99. The van der Waals surface area contributed by atoms with Crippen molar-refractivity contribution in [2.45, 2.75) is 18.5 Å². The van der Waals surface area contributed by atoms with Gasteiger partial charge in [-0.3, -0.25) is 4.79 Å².